The van der Waals surface area contributed by atoms with Crippen molar-refractivity contribution in [1.29, 1.82) is 0 Å². The quantitative estimate of drug-likeness (QED) is 0.584. The van der Waals surface area contributed by atoms with Crippen molar-refractivity contribution in [3.05, 3.63) is 50.1 Å². The molecule has 0 aliphatic rings. The fourth-order valence-electron chi connectivity index (χ4n) is 2.16. The van der Waals surface area contributed by atoms with Crippen LogP contribution in [0.4, 0.5) is 4.39 Å². The van der Waals surface area contributed by atoms with Crippen LogP contribution < -0.4 is 0 Å². The summed E-state index contributed by atoms with van der Waals surface area (Å²) in [5.41, 5.74) is 2.76. The third kappa shape index (κ3) is 2.38. The minimum Gasteiger partial charge on any atom is -0.322 e. The van der Waals surface area contributed by atoms with E-state index in [2.05, 4.69) is 39.3 Å². The minimum atomic E-state index is -0.289. The number of hydrogen-bond donors (Lipinski definition) is 0. The molecule has 1 aromatic carbocycles. The predicted molar refractivity (Wildman–Crippen MR) is 85.1 cm³/mol. The van der Waals surface area contributed by atoms with Gasteiger partial charge in [-0.15, -0.1) is 22.9 Å². The first-order valence-electron chi connectivity index (χ1n) is 6.03. The number of aryl methyl sites for hydroxylation is 1. The van der Waals surface area contributed by atoms with Gasteiger partial charge in [-0.25, -0.2) is 9.37 Å². The largest absolute Gasteiger partial charge is 0.322 e. The van der Waals surface area contributed by atoms with E-state index < -0.39 is 0 Å². The van der Waals surface area contributed by atoms with Crippen LogP contribution in [0.1, 0.15) is 16.3 Å². The van der Waals surface area contributed by atoms with Crippen molar-refractivity contribution in [3.63, 3.8) is 0 Å². The first-order valence-corrected chi connectivity index (χ1v) is 8.24. The Bertz CT molecular complexity index is 781. The summed E-state index contributed by atoms with van der Waals surface area (Å²) in [6, 6.07) is 5.28. The van der Waals surface area contributed by atoms with Crippen LogP contribution in [-0.2, 0) is 12.4 Å². The summed E-state index contributed by atoms with van der Waals surface area (Å²) in [5, 5.41) is 2.06. The van der Waals surface area contributed by atoms with Crippen molar-refractivity contribution in [2.75, 3.05) is 0 Å². The van der Waals surface area contributed by atoms with Crippen LogP contribution >= 0.6 is 38.9 Å². The van der Waals surface area contributed by atoms with Crippen LogP contribution in [0.5, 0.6) is 0 Å². The Morgan fingerprint density at radius 1 is 1.45 bits per heavy atom. The normalized spacial score (nSPS) is 11.4. The molecule has 0 atom stereocenters. The molecular formula is C14H11BrClFN2S. The summed E-state index contributed by atoms with van der Waals surface area (Å²) in [6.07, 6.45) is 0. The lowest BCUT2D eigenvalue weighted by Gasteiger charge is -2.07. The summed E-state index contributed by atoms with van der Waals surface area (Å²) in [5.74, 6) is 0.771. The monoisotopic (exact) mass is 372 g/mol. The van der Waals surface area contributed by atoms with E-state index in [1.807, 2.05) is 4.57 Å². The molecule has 2 nitrogen and oxygen atoms in total. The molecule has 0 aliphatic carbocycles. The Kier molecular flexibility index (Phi) is 3.84. The van der Waals surface area contributed by atoms with Gasteiger partial charge in [-0.2, -0.15) is 0 Å². The van der Waals surface area contributed by atoms with Gasteiger partial charge in [0, 0.05) is 10.9 Å². The number of alkyl halides is 1. The number of benzene rings is 1. The molecule has 3 aromatic rings. The van der Waals surface area contributed by atoms with Crippen LogP contribution in [0.3, 0.4) is 0 Å². The average molecular weight is 374 g/mol. The van der Waals surface area contributed by atoms with E-state index in [1.54, 1.807) is 17.4 Å². The van der Waals surface area contributed by atoms with E-state index >= 15 is 0 Å². The lowest BCUT2D eigenvalue weighted by Crippen LogP contribution is -2.03. The maximum atomic E-state index is 13.8. The fourth-order valence-corrected chi connectivity index (χ4v) is 3.59. The Morgan fingerprint density at radius 2 is 2.25 bits per heavy atom. The number of rotatable bonds is 3. The molecule has 2 aromatic heterocycles. The third-order valence-electron chi connectivity index (χ3n) is 3.26. The third-order valence-corrected chi connectivity index (χ3v) is 5.11. The lowest BCUT2D eigenvalue weighted by atomic mass is 10.2. The molecule has 0 saturated carbocycles. The number of nitrogens with zero attached hydrogens (tertiary/aromatic N) is 2. The van der Waals surface area contributed by atoms with Gasteiger partial charge in [0.2, 0.25) is 0 Å². The number of halogens is 3. The van der Waals surface area contributed by atoms with Crippen molar-refractivity contribution in [2.45, 2.75) is 19.3 Å². The molecule has 0 saturated heterocycles. The molecule has 0 amide bonds. The molecule has 0 fully saturated rings. The van der Waals surface area contributed by atoms with Gasteiger partial charge in [-0.1, -0.05) is 0 Å². The second kappa shape index (κ2) is 5.47. The maximum absolute atomic E-state index is 13.8. The van der Waals surface area contributed by atoms with Crippen molar-refractivity contribution in [3.8, 4) is 0 Å². The van der Waals surface area contributed by atoms with E-state index in [-0.39, 0.29) is 5.82 Å². The van der Waals surface area contributed by atoms with Crippen molar-refractivity contribution in [2.24, 2.45) is 0 Å². The number of thiophene rings is 1. The molecular weight excluding hydrogens is 363 g/mol. The van der Waals surface area contributed by atoms with E-state index in [0.29, 0.717) is 16.9 Å². The van der Waals surface area contributed by atoms with Gasteiger partial charge in [0.25, 0.3) is 0 Å². The summed E-state index contributed by atoms with van der Waals surface area (Å²) < 4.78 is 16.2. The van der Waals surface area contributed by atoms with Gasteiger partial charge in [0.1, 0.15) is 11.6 Å². The zero-order valence-electron chi connectivity index (χ0n) is 10.7. The molecule has 2 heterocycles. The highest BCUT2D eigenvalue weighted by atomic mass is 79.9. The molecule has 6 heteroatoms. The Morgan fingerprint density at radius 3 is 2.90 bits per heavy atom. The fraction of sp³-hybridized carbons (Fsp3) is 0.214. The van der Waals surface area contributed by atoms with Crippen LogP contribution in [0.2, 0.25) is 0 Å². The van der Waals surface area contributed by atoms with Crippen LogP contribution in [0.15, 0.2) is 28.1 Å². The van der Waals surface area contributed by atoms with Crippen molar-refractivity contribution in [1.82, 2.24) is 9.55 Å². The molecule has 0 spiro atoms. The van der Waals surface area contributed by atoms with E-state index in [1.165, 1.54) is 16.5 Å². The van der Waals surface area contributed by atoms with Crippen LogP contribution in [-0.4, -0.2) is 9.55 Å². The Labute approximate surface area is 133 Å². The zero-order chi connectivity index (χ0) is 14.3. The Balaban J connectivity index is 2.17. The highest BCUT2D eigenvalue weighted by Gasteiger charge is 2.14. The average Bonchev–Trinajstić information content (AvgIpc) is 2.96. The SMILES string of the molecule is Cc1ccsc1Cn1c(CCl)nc2cc(Br)c(F)cc21. The smallest absolute Gasteiger partial charge is 0.139 e. The standard InChI is InChI=1S/C14H11BrClFN2S/c1-8-2-3-20-13(8)7-19-12-5-10(17)9(15)4-11(12)18-14(19)6-16/h2-5H,6-7H2,1H3. The lowest BCUT2D eigenvalue weighted by molar-refractivity contribution is 0.621. The van der Waals surface area contributed by atoms with Crippen LogP contribution in [0, 0.1) is 12.7 Å². The van der Waals surface area contributed by atoms with Crippen LogP contribution in [0.25, 0.3) is 11.0 Å². The highest BCUT2D eigenvalue weighted by molar-refractivity contribution is 9.10. The minimum absolute atomic E-state index is 0.289. The summed E-state index contributed by atoms with van der Waals surface area (Å²) in [7, 11) is 0. The van der Waals surface area contributed by atoms with Crippen molar-refractivity contribution < 1.29 is 4.39 Å². The second-order valence-electron chi connectivity index (χ2n) is 4.53. The second-order valence-corrected chi connectivity index (χ2v) is 6.65. The number of fused-ring (bicyclic) bond motifs is 1. The van der Waals surface area contributed by atoms with Gasteiger partial charge in [-0.3, -0.25) is 0 Å². The molecule has 0 radical (unpaired) electrons. The topological polar surface area (TPSA) is 17.8 Å². The molecule has 104 valence electrons. The first-order chi connectivity index (χ1) is 9.60. The zero-order valence-corrected chi connectivity index (χ0v) is 13.8. The van der Waals surface area contributed by atoms with E-state index in [0.717, 1.165) is 16.9 Å². The molecule has 0 bridgehead atoms. The summed E-state index contributed by atoms with van der Waals surface area (Å²) in [4.78, 5) is 5.72. The summed E-state index contributed by atoms with van der Waals surface area (Å²) >= 11 is 10.9. The maximum Gasteiger partial charge on any atom is 0.139 e. The number of imidazole rings is 1. The Hall–Kier alpha value is -0.910. The van der Waals surface area contributed by atoms with Gasteiger partial charge in [0.15, 0.2) is 0 Å². The van der Waals surface area contributed by atoms with Gasteiger partial charge >= 0.3 is 0 Å². The molecule has 3 rings (SSSR count). The van der Waals surface area contributed by atoms with E-state index in [4.69, 9.17) is 11.6 Å². The van der Waals surface area contributed by atoms with Gasteiger partial charge in [-0.05, 0) is 45.9 Å². The molecule has 0 unspecified atom stereocenters. The molecule has 20 heavy (non-hydrogen) atoms. The number of hydrogen-bond acceptors (Lipinski definition) is 2. The first kappa shape index (κ1) is 14.0. The van der Waals surface area contributed by atoms with Gasteiger partial charge in [0.05, 0.1) is 27.9 Å². The number of aromatic nitrogens is 2. The van der Waals surface area contributed by atoms with Gasteiger partial charge < -0.3 is 4.57 Å². The van der Waals surface area contributed by atoms with Crippen molar-refractivity contribution >= 4 is 49.9 Å². The summed E-state index contributed by atoms with van der Waals surface area (Å²) in [6.45, 7) is 2.74. The molecule has 0 N–H and O–H groups in total. The highest BCUT2D eigenvalue weighted by Crippen LogP contribution is 2.27. The van der Waals surface area contributed by atoms with E-state index in [9.17, 15) is 4.39 Å². The predicted octanol–water partition coefficient (Wildman–Crippen LogP) is 5.09. The molecule has 0 aliphatic heterocycles.